The minimum atomic E-state index is -0.250. The number of hydrogen-bond acceptors (Lipinski definition) is 5. The lowest BCUT2D eigenvalue weighted by Crippen LogP contribution is -2.46. The second-order valence-electron chi connectivity index (χ2n) is 5.24. The lowest BCUT2D eigenvalue weighted by molar-refractivity contribution is -0.122. The molecule has 0 amide bonds. The van der Waals surface area contributed by atoms with E-state index in [9.17, 15) is 0 Å². The van der Waals surface area contributed by atoms with Crippen LogP contribution in [0.1, 0.15) is 11.3 Å². The molecule has 1 N–H and O–H groups in total. The summed E-state index contributed by atoms with van der Waals surface area (Å²) in [5.41, 5.74) is 2.53. The van der Waals surface area contributed by atoms with Gasteiger partial charge in [-0.2, -0.15) is 0 Å². The predicted octanol–water partition coefficient (Wildman–Crippen LogP) is 2.66. The van der Waals surface area contributed by atoms with Gasteiger partial charge in [-0.1, -0.05) is 0 Å². The molecule has 0 aromatic carbocycles. The van der Waals surface area contributed by atoms with Crippen LogP contribution >= 0.6 is 11.6 Å². The van der Waals surface area contributed by atoms with Crippen LogP contribution in [0.5, 0.6) is 0 Å². The van der Waals surface area contributed by atoms with Crippen LogP contribution in [0.2, 0.25) is 5.22 Å². The summed E-state index contributed by atoms with van der Waals surface area (Å²) in [7, 11) is 0. The first kappa shape index (κ1) is 17.3. The summed E-state index contributed by atoms with van der Waals surface area (Å²) in [6.45, 7) is 6.80. The van der Waals surface area contributed by atoms with Crippen molar-refractivity contribution in [2.45, 2.75) is 13.5 Å². The number of hydrogen-bond donors (Lipinski definition) is 1. The van der Waals surface area contributed by atoms with Crippen LogP contribution in [-0.4, -0.2) is 47.6 Å². The molecule has 3 heterocycles. The van der Waals surface area contributed by atoms with Crippen molar-refractivity contribution >= 4 is 23.8 Å². The summed E-state index contributed by atoms with van der Waals surface area (Å²) in [4.78, 5) is 17.3. The van der Waals surface area contributed by atoms with Crippen molar-refractivity contribution in [2.75, 3.05) is 31.1 Å². The van der Waals surface area contributed by atoms with Crippen LogP contribution in [0, 0.1) is 6.92 Å². The Labute approximate surface area is 140 Å². The highest BCUT2D eigenvalue weighted by Crippen LogP contribution is 2.21. The van der Waals surface area contributed by atoms with Gasteiger partial charge in [0.1, 0.15) is 5.76 Å². The molecule has 7 heteroatoms. The van der Waals surface area contributed by atoms with E-state index in [1.54, 1.807) is 6.07 Å². The minimum absolute atomic E-state index is 0.250. The molecular formula is C16H20ClN3O3. The van der Waals surface area contributed by atoms with Gasteiger partial charge in [0.15, 0.2) is 5.22 Å². The molecule has 0 saturated carbocycles. The zero-order valence-corrected chi connectivity index (χ0v) is 13.7. The van der Waals surface area contributed by atoms with E-state index in [0.29, 0.717) is 5.22 Å². The fourth-order valence-electron chi connectivity index (χ4n) is 2.62. The Bertz CT molecular complexity index is 625. The molecule has 0 radical (unpaired) electrons. The standard InChI is InChI=1S/C15H18ClN3O.CH2O2/c1-12-10-17-5-4-14(12)19-8-6-18(7-9-19)11-13-2-3-15(16)20-13;2-1-3/h2-5,10H,6-9,11H2,1H3;1H,(H,2,3). The SMILES string of the molecule is Cc1cnccc1N1CCN(Cc2ccc(Cl)o2)CC1.O=CO. The van der Waals surface area contributed by atoms with Gasteiger partial charge in [-0.15, -0.1) is 0 Å². The van der Waals surface area contributed by atoms with Crippen molar-refractivity contribution in [2.24, 2.45) is 0 Å². The Morgan fingerprint density at radius 1 is 1.30 bits per heavy atom. The molecule has 6 nitrogen and oxygen atoms in total. The van der Waals surface area contributed by atoms with Gasteiger partial charge in [0, 0.05) is 44.3 Å². The van der Waals surface area contributed by atoms with Gasteiger partial charge in [-0.25, -0.2) is 0 Å². The number of aromatic nitrogens is 1. The molecule has 124 valence electrons. The number of piperazine rings is 1. The molecule has 1 aliphatic heterocycles. The average Bonchev–Trinajstić information content (AvgIpc) is 2.95. The second kappa shape index (κ2) is 8.55. The Balaban J connectivity index is 0.000000595. The normalized spacial score (nSPS) is 15.0. The fraction of sp³-hybridized carbons (Fsp3) is 0.375. The van der Waals surface area contributed by atoms with Gasteiger partial charge in [0.25, 0.3) is 6.47 Å². The monoisotopic (exact) mass is 337 g/mol. The number of carbonyl (C=O) groups is 1. The molecule has 2 aromatic heterocycles. The maximum Gasteiger partial charge on any atom is 0.290 e. The summed E-state index contributed by atoms with van der Waals surface area (Å²) in [5, 5.41) is 7.35. The molecule has 0 unspecified atom stereocenters. The van der Waals surface area contributed by atoms with Gasteiger partial charge in [0.05, 0.1) is 6.54 Å². The van der Waals surface area contributed by atoms with Crippen LogP contribution in [-0.2, 0) is 11.3 Å². The van der Waals surface area contributed by atoms with Gasteiger partial charge < -0.3 is 14.4 Å². The van der Waals surface area contributed by atoms with E-state index in [1.165, 1.54) is 11.3 Å². The molecule has 2 aromatic rings. The predicted molar refractivity (Wildman–Crippen MR) is 88.9 cm³/mol. The highest BCUT2D eigenvalue weighted by Gasteiger charge is 2.19. The van der Waals surface area contributed by atoms with E-state index in [2.05, 4.69) is 27.8 Å². The lowest BCUT2D eigenvalue weighted by atomic mass is 10.2. The van der Waals surface area contributed by atoms with E-state index in [0.717, 1.165) is 38.5 Å². The lowest BCUT2D eigenvalue weighted by Gasteiger charge is -2.36. The van der Waals surface area contributed by atoms with E-state index < -0.39 is 0 Å². The number of halogens is 1. The topological polar surface area (TPSA) is 69.8 Å². The third-order valence-corrected chi connectivity index (χ3v) is 3.92. The van der Waals surface area contributed by atoms with Crippen LogP contribution in [0.3, 0.4) is 0 Å². The zero-order valence-electron chi connectivity index (χ0n) is 13.0. The summed E-state index contributed by atoms with van der Waals surface area (Å²) < 4.78 is 5.42. The molecule has 1 saturated heterocycles. The number of nitrogens with zero attached hydrogens (tertiary/aromatic N) is 3. The molecule has 1 fully saturated rings. The maximum atomic E-state index is 8.36. The number of carboxylic acid groups (broad SMARTS) is 1. The highest BCUT2D eigenvalue weighted by molar-refractivity contribution is 6.28. The van der Waals surface area contributed by atoms with Crippen LogP contribution in [0.15, 0.2) is 35.0 Å². The smallest absolute Gasteiger partial charge is 0.290 e. The van der Waals surface area contributed by atoms with E-state index >= 15 is 0 Å². The van der Waals surface area contributed by atoms with E-state index in [4.69, 9.17) is 25.9 Å². The number of pyridine rings is 1. The first-order valence-corrected chi connectivity index (χ1v) is 7.72. The van der Waals surface area contributed by atoms with Gasteiger partial charge in [-0.05, 0) is 42.3 Å². The van der Waals surface area contributed by atoms with Crippen LogP contribution in [0.4, 0.5) is 5.69 Å². The average molecular weight is 338 g/mol. The van der Waals surface area contributed by atoms with Gasteiger partial charge in [-0.3, -0.25) is 14.7 Å². The summed E-state index contributed by atoms with van der Waals surface area (Å²) in [5.74, 6) is 0.934. The summed E-state index contributed by atoms with van der Waals surface area (Å²) >= 11 is 5.80. The maximum absolute atomic E-state index is 8.36. The first-order valence-electron chi connectivity index (χ1n) is 7.34. The molecule has 1 aliphatic rings. The van der Waals surface area contributed by atoms with Crippen molar-refractivity contribution in [1.82, 2.24) is 9.88 Å². The first-order chi connectivity index (χ1) is 11.1. The Kier molecular flexibility index (Phi) is 6.43. The third-order valence-electron chi connectivity index (χ3n) is 3.71. The van der Waals surface area contributed by atoms with Crippen molar-refractivity contribution < 1.29 is 14.3 Å². The molecule has 0 bridgehead atoms. The number of rotatable bonds is 3. The molecule has 0 atom stereocenters. The summed E-state index contributed by atoms with van der Waals surface area (Å²) in [6.07, 6.45) is 3.78. The van der Waals surface area contributed by atoms with Crippen molar-refractivity contribution in [3.8, 4) is 0 Å². The molecular weight excluding hydrogens is 318 g/mol. The van der Waals surface area contributed by atoms with Crippen molar-refractivity contribution in [3.63, 3.8) is 0 Å². The third kappa shape index (κ3) is 4.97. The van der Waals surface area contributed by atoms with Gasteiger partial charge >= 0.3 is 0 Å². The summed E-state index contributed by atoms with van der Waals surface area (Å²) in [6, 6.07) is 5.84. The number of furan rings is 1. The van der Waals surface area contributed by atoms with E-state index in [1.807, 2.05) is 18.5 Å². The van der Waals surface area contributed by atoms with Crippen LogP contribution in [0.25, 0.3) is 0 Å². The second-order valence-corrected chi connectivity index (χ2v) is 5.61. The quantitative estimate of drug-likeness (QED) is 0.868. The van der Waals surface area contributed by atoms with Crippen molar-refractivity contribution in [1.29, 1.82) is 0 Å². The minimum Gasteiger partial charge on any atom is -0.483 e. The van der Waals surface area contributed by atoms with Crippen molar-refractivity contribution in [3.05, 3.63) is 47.1 Å². The Morgan fingerprint density at radius 2 is 2.00 bits per heavy atom. The van der Waals surface area contributed by atoms with E-state index in [-0.39, 0.29) is 6.47 Å². The largest absolute Gasteiger partial charge is 0.483 e. The fourth-order valence-corrected chi connectivity index (χ4v) is 2.79. The Hall–Kier alpha value is -2.05. The molecule has 23 heavy (non-hydrogen) atoms. The Morgan fingerprint density at radius 3 is 2.57 bits per heavy atom. The molecule has 3 rings (SSSR count). The highest BCUT2D eigenvalue weighted by atomic mass is 35.5. The van der Waals surface area contributed by atoms with Gasteiger partial charge in [0.2, 0.25) is 0 Å². The molecule has 0 aliphatic carbocycles. The zero-order chi connectivity index (χ0) is 16.7. The molecule has 0 spiro atoms. The number of anilines is 1. The number of aryl methyl sites for hydroxylation is 1. The van der Waals surface area contributed by atoms with Crippen LogP contribution < -0.4 is 4.90 Å².